The fourth-order valence-electron chi connectivity index (χ4n) is 1.57. The minimum Gasteiger partial charge on any atom is -0.446 e. The maximum absolute atomic E-state index is 11.4. The van der Waals surface area contributed by atoms with Crippen molar-refractivity contribution < 1.29 is 23.8 Å². The number of aromatic amines is 1. The summed E-state index contributed by atoms with van der Waals surface area (Å²) < 4.78 is 15.4. The van der Waals surface area contributed by atoms with E-state index in [2.05, 4.69) is 26.0 Å². The first-order valence-electron chi connectivity index (χ1n) is 7.89. The van der Waals surface area contributed by atoms with Gasteiger partial charge in [-0.25, -0.2) is 9.59 Å². The zero-order valence-electron chi connectivity index (χ0n) is 14.0. The number of aromatic nitrogens is 3. The van der Waals surface area contributed by atoms with Crippen molar-refractivity contribution in [2.45, 2.75) is 39.4 Å². The molecule has 1 aromatic heterocycles. The molecule has 0 spiro atoms. The molecule has 136 valence electrons. The number of hydrogen-bond donors (Lipinski definition) is 3. The molecule has 0 aliphatic carbocycles. The number of amides is 2. The van der Waals surface area contributed by atoms with Crippen LogP contribution in [0.3, 0.4) is 0 Å². The molecule has 24 heavy (non-hydrogen) atoms. The Bertz CT molecular complexity index is 468. The molecular weight excluding hydrogens is 318 g/mol. The Labute approximate surface area is 140 Å². The van der Waals surface area contributed by atoms with Crippen molar-refractivity contribution in [1.82, 2.24) is 26.0 Å². The number of H-pyrrole nitrogens is 1. The lowest BCUT2D eigenvalue weighted by Crippen LogP contribution is -2.29. The minimum atomic E-state index is -0.550. The highest BCUT2D eigenvalue weighted by molar-refractivity contribution is 5.67. The number of carbonyl (C=O) groups is 2. The number of alkyl carbamates (subject to hydrolysis) is 2. The molecule has 3 N–H and O–H groups in total. The van der Waals surface area contributed by atoms with Crippen molar-refractivity contribution in [2.75, 3.05) is 26.3 Å². The lowest BCUT2D eigenvalue weighted by atomic mass is 10.3. The average molecular weight is 343 g/mol. The quantitative estimate of drug-likeness (QED) is 0.511. The van der Waals surface area contributed by atoms with Crippen LogP contribution < -0.4 is 10.6 Å². The summed E-state index contributed by atoms with van der Waals surface area (Å²) in [5.41, 5.74) is 0.540. The number of ether oxygens (including phenoxy) is 3. The molecule has 0 saturated carbocycles. The highest BCUT2D eigenvalue weighted by Crippen LogP contribution is 1.98. The van der Waals surface area contributed by atoms with Gasteiger partial charge in [0, 0.05) is 19.5 Å². The van der Waals surface area contributed by atoms with E-state index in [4.69, 9.17) is 14.2 Å². The van der Waals surface area contributed by atoms with Crippen LogP contribution in [0.1, 0.15) is 32.4 Å². The number of rotatable bonds is 11. The van der Waals surface area contributed by atoms with Crippen LogP contribution in [0.4, 0.5) is 9.59 Å². The van der Waals surface area contributed by atoms with Crippen molar-refractivity contribution in [3.8, 4) is 0 Å². The SMILES string of the molecule is CCCNC(=O)OC(C)CCOCCNC(=O)OCc1cn[nH]n1. The zero-order chi connectivity index (χ0) is 17.6. The van der Waals surface area contributed by atoms with Gasteiger partial charge in [0.15, 0.2) is 0 Å². The first-order valence-corrected chi connectivity index (χ1v) is 7.89. The van der Waals surface area contributed by atoms with Crippen molar-refractivity contribution >= 4 is 12.2 Å². The monoisotopic (exact) mass is 343 g/mol. The molecule has 2 amide bonds. The summed E-state index contributed by atoms with van der Waals surface area (Å²) >= 11 is 0. The van der Waals surface area contributed by atoms with Gasteiger partial charge >= 0.3 is 12.2 Å². The number of carbonyl (C=O) groups excluding carboxylic acids is 2. The van der Waals surface area contributed by atoms with Crippen molar-refractivity contribution in [3.05, 3.63) is 11.9 Å². The number of nitrogens with one attached hydrogen (secondary N) is 3. The molecule has 1 aromatic rings. The molecule has 10 nitrogen and oxygen atoms in total. The van der Waals surface area contributed by atoms with E-state index in [1.807, 2.05) is 6.92 Å². The maximum Gasteiger partial charge on any atom is 0.407 e. The molecular formula is C14H25N5O5. The lowest BCUT2D eigenvalue weighted by molar-refractivity contribution is 0.0661. The van der Waals surface area contributed by atoms with Crippen LogP contribution in [0.5, 0.6) is 0 Å². The van der Waals surface area contributed by atoms with Gasteiger partial charge in [0.05, 0.1) is 19.4 Å². The summed E-state index contributed by atoms with van der Waals surface area (Å²) in [5.74, 6) is 0. The predicted molar refractivity (Wildman–Crippen MR) is 84.2 cm³/mol. The standard InChI is InChI=1S/C14H25N5O5/c1-3-5-15-14(21)24-11(2)4-7-22-8-6-16-13(20)23-10-12-9-17-19-18-12/h9,11H,3-8,10H2,1-2H3,(H,15,21)(H,16,20)(H,17,18,19). The fourth-order valence-corrected chi connectivity index (χ4v) is 1.57. The van der Waals surface area contributed by atoms with Crippen LogP contribution in [0.25, 0.3) is 0 Å². The molecule has 0 bridgehead atoms. The molecule has 0 aliphatic rings. The van der Waals surface area contributed by atoms with E-state index >= 15 is 0 Å². The normalized spacial score (nSPS) is 11.6. The second-order valence-corrected chi connectivity index (χ2v) is 5.01. The largest absolute Gasteiger partial charge is 0.446 e. The fraction of sp³-hybridized carbons (Fsp3) is 0.714. The molecule has 0 aromatic carbocycles. The third-order valence-corrected chi connectivity index (χ3v) is 2.83. The summed E-state index contributed by atoms with van der Waals surface area (Å²) in [6.45, 7) is 5.51. The van der Waals surface area contributed by atoms with Crippen molar-refractivity contribution in [3.63, 3.8) is 0 Å². The van der Waals surface area contributed by atoms with Gasteiger partial charge < -0.3 is 24.8 Å². The predicted octanol–water partition coefficient (Wildman–Crippen LogP) is 0.962. The molecule has 0 fully saturated rings. The van der Waals surface area contributed by atoms with Gasteiger partial charge in [0.2, 0.25) is 0 Å². The average Bonchev–Trinajstić information content (AvgIpc) is 3.07. The van der Waals surface area contributed by atoms with Crippen molar-refractivity contribution in [1.29, 1.82) is 0 Å². The van der Waals surface area contributed by atoms with E-state index in [-0.39, 0.29) is 12.7 Å². The summed E-state index contributed by atoms with van der Waals surface area (Å²) in [5, 5.41) is 15.0. The molecule has 0 radical (unpaired) electrons. The van der Waals surface area contributed by atoms with E-state index < -0.39 is 12.2 Å². The Balaban J connectivity index is 1.94. The molecule has 0 aliphatic heterocycles. The van der Waals surface area contributed by atoms with E-state index in [0.29, 0.717) is 38.4 Å². The number of nitrogens with zero attached hydrogens (tertiary/aromatic N) is 2. The molecule has 1 unspecified atom stereocenters. The van der Waals surface area contributed by atoms with Gasteiger partial charge in [-0.1, -0.05) is 6.92 Å². The van der Waals surface area contributed by atoms with Crippen LogP contribution in [-0.4, -0.2) is 60.0 Å². The van der Waals surface area contributed by atoms with Crippen LogP contribution >= 0.6 is 0 Å². The van der Waals surface area contributed by atoms with E-state index in [1.54, 1.807) is 6.92 Å². The second kappa shape index (κ2) is 12.1. The van der Waals surface area contributed by atoms with E-state index in [1.165, 1.54) is 6.20 Å². The van der Waals surface area contributed by atoms with Gasteiger partial charge in [-0.15, -0.1) is 0 Å². The first-order chi connectivity index (χ1) is 11.6. The van der Waals surface area contributed by atoms with Crippen molar-refractivity contribution in [2.24, 2.45) is 0 Å². The van der Waals surface area contributed by atoms with E-state index in [9.17, 15) is 9.59 Å². The first kappa shape index (κ1) is 19.7. The highest BCUT2D eigenvalue weighted by atomic mass is 16.6. The minimum absolute atomic E-state index is 0.0537. The van der Waals surface area contributed by atoms with Crippen LogP contribution in [0, 0.1) is 0 Å². The third kappa shape index (κ3) is 9.62. The summed E-state index contributed by atoms with van der Waals surface area (Å²) in [6.07, 6.45) is 1.72. The van der Waals surface area contributed by atoms with Crippen LogP contribution in [0.2, 0.25) is 0 Å². The molecule has 1 rings (SSSR count). The van der Waals surface area contributed by atoms with Gasteiger partial charge in [-0.3, -0.25) is 0 Å². The van der Waals surface area contributed by atoms with Crippen LogP contribution in [0.15, 0.2) is 6.20 Å². The highest BCUT2D eigenvalue weighted by Gasteiger charge is 2.08. The second-order valence-electron chi connectivity index (χ2n) is 5.01. The topological polar surface area (TPSA) is 127 Å². The van der Waals surface area contributed by atoms with Gasteiger partial charge in [0.25, 0.3) is 0 Å². The summed E-state index contributed by atoms with van der Waals surface area (Å²) in [7, 11) is 0. The Kier molecular flexibility index (Phi) is 9.93. The molecule has 0 saturated heterocycles. The zero-order valence-corrected chi connectivity index (χ0v) is 14.0. The molecule has 10 heteroatoms. The van der Waals surface area contributed by atoms with Gasteiger partial charge in [-0.2, -0.15) is 15.4 Å². The smallest absolute Gasteiger partial charge is 0.407 e. The van der Waals surface area contributed by atoms with E-state index in [0.717, 1.165) is 6.42 Å². The summed E-state index contributed by atoms with van der Waals surface area (Å²) in [6, 6.07) is 0. The lowest BCUT2D eigenvalue weighted by Gasteiger charge is -2.14. The Morgan fingerprint density at radius 3 is 2.75 bits per heavy atom. The Morgan fingerprint density at radius 2 is 2.04 bits per heavy atom. The summed E-state index contributed by atoms with van der Waals surface area (Å²) in [4.78, 5) is 22.7. The number of hydrogen-bond acceptors (Lipinski definition) is 7. The Hall–Kier alpha value is -2.36. The van der Waals surface area contributed by atoms with Crippen LogP contribution in [-0.2, 0) is 20.8 Å². The Morgan fingerprint density at radius 1 is 1.25 bits per heavy atom. The molecule has 1 atom stereocenters. The van der Waals surface area contributed by atoms with Gasteiger partial charge in [-0.05, 0) is 13.3 Å². The molecule has 1 heterocycles. The van der Waals surface area contributed by atoms with Gasteiger partial charge in [0.1, 0.15) is 18.4 Å². The third-order valence-electron chi connectivity index (χ3n) is 2.83. The maximum atomic E-state index is 11.4.